The molecule has 0 fully saturated rings. The van der Waals surface area contributed by atoms with Crippen molar-refractivity contribution >= 4 is 11.4 Å². The Morgan fingerprint density at radius 2 is 2.35 bits per heavy atom. The molecule has 17 heavy (non-hydrogen) atoms. The van der Waals surface area contributed by atoms with Gasteiger partial charge in [-0.25, -0.2) is 0 Å². The van der Waals surface area contributed by atoms with Gasteiger partial charge in [0, 0.05) is 31.2 Å². The minimum absolute atomic E-state index is 0.786. The number of hydrogen-bond acceptors (Lipinski definition) is 3. The SMILES string of the molecule is CN1CCc2cc(NCc3ccn[nH]3)ccc21. The van der Waals surface area contributed by atoms with Gasteiger partial charge in [-0.2, -0.15) is 5.10 Å². The smallest absolute Gasteiger partial charge is 0.0567 e. The number of nitrogens with one attached hydrogen (secondary N) is 2. The highest BCUT2D eigenvalue weighted by molar-refractivity contribution is 5.63. The van der Waals surface area contributed by atoms with Gasteiger partial charge in [0.2, 0.25) is 0 Å². The Balaban J connectivity index is 1.72. The molecule has 0 saturated carbocycles. The number of aromatic amines is 1. The third kappa shape index (κ3) is 1.98. The van der Waals surface area contributed by atoms with Gasteiger partial charge in [-0.1, -0.05) is 0 Å². The number of anilines is 2. The van der Waals surface area contributed by atoms with Gasteiger partial charge in [0.05, 0.1) is 12.2 Å². The molecular weight excluding hydrogens is 212 g/mol. The Bertz CT molecular complexity index is 504. The predicted octanol–water partition coefficient (Wildman–Crippen LogP) is 2.01. The third-order valence-electron chi connectivity index (χ3n) is 3.25. The van der Waals surface area contributed by atoms with Gasteiger partial charge in [0.15, 0.2) is 0 Å². The van der Waals surface area contributed by atoms with Crippen LogP contribution in [0.5, 0.6) is 0 Å². The van der Waals surface area contributed by atoms with E-state index < -0.39 is 0 Å². The fraction of sp³-hybridized carbons (Fsp3) is 0.308. The molecule has 88 valence electrons. The second kappa shape index (κ2) is 4.13. The monoisotopic (exact) mass is 228 g/mol. The van der Waals surface area contributed by atoms with Crippen LogP contribution in [0.15, 0.2) is 30.5 Å². The normalized spacial score (nSPS) is 13.8. The summed E-state index contributed by atoms with van der Waals surface area (Å²) in [6, 6.07) is 8.55. The summed E-state index contributed by atoms with van der Waals surface area (Å²) in [5.74, 6) is 0. The van der Waals surface area contributed by atoms with Crippen molar-refractivity contribution in [3.8, 4) is 0 Å². The lowest BCUT2D eigenvalue weighted by molar-refractivity contribution is 0.956. The summed E-state index contributed by atoms with van der Waals surface area (Å²) in [7, 11) is 2.14. The summed E-state index contributed by atoms with van der Waals surface area (Å²) in [5.41, 5.74) is 5.07. The van der Waals surface area contributed by atoms with Crippen molar-refractivity contribution in [2.75, 3.05) is 23.8 Å². The number of hydrogen-bond donors (Lipinski definition) is 2. The van der Waals surface area contributed by atoms with E-state index in [0.29, 0.717) is 0 Å². The van der Waals surface area contributed by atoms with Gasteiger partial charge >= 0.3 is 0 Å². The maximum absolute atomic E-state index is 3.93. The maximum atomic E-state index is 3.93. The maximum Gasteiger partial charge on any atom is 0.0567 e. The molecule has 4 heteroatoms. The first kappa shape index (κ1) is 10.2. The van der Waals surface area contributed by atoms with Gasteiger partial charge in [-0.05, 0) is 36.2 Å². The minimum Gasteiger partial charge on any atom is -0.379 e. The van der Waals surface area contributed by atoms with Crippen LogP contribution in [0.4, 0.5) is 11.4 Å². The van der Waals surface area contributed by atoms with Crippen LogP contribution in [0.25, 0.3) is 0 Å². The van der Waals surface area contributed by atoms with E-state index in [-0.39, 0.29) is 0 Å². The number of fused-ring (bicyclic) bond motifs is 1. The summed E-state index contributed by atoms with van der Waals surface area (Å²) >= 11 is 0. The molecule has 2 heterocycles. The molecule has 0 bridgehead atoms. The first-order chi connectivity index (χ1) is 8.33. The molecule has 2 aromatic rings. The van der Waals surface area contributed by atoms with E-state index in [1.807, 2.05) is 6.07 Å². The summed E-state index contributed by atoms with van der Waals surface area (Å²) in [6.45, 7) is 1.91. The highest BCUT2D eigenvalue weighted by Crippen LogP contribution is 2.29. The largest absolute Gasteiger partial charge is 0.379 e. The fourth-order valence-electron chi connectivity index (χ4n) is 2.26. The zero-order valence-electron chi connectivity index (χ0n) is 9.90. The Kier molecular flexibility index (Phi) is 2.48. The molecule has 0 saturated heterocycles. The van der Waals surface area contributed by atoms with E-state index >= 15 is 0 Å². The van der Waals surface area contributed by atoms with Crippen LogP contribution in [0.2, 0.25) is 0 Å². The second-order valence-corrected chi connectivity index (χ2v) is 4.45. The zero-order valence-corrected chi connectivity index (χ0v) is 9.90. The summed E-state index contributed by atoms with van der Waals surface area (Å²) in [4.78, 5) is 2.30. The Morgan fingerprint density at radius 3 is 3.18 bits per heavy atom. The van der Waals surface area contributed by atoms with E-state index in [0.717, 1.165) is 25.2 Å². The molecule has 1 aromatic heterocycles. The fourth-order valence-corrected chi connectivity index (χ4v) is 2.26. The van der Waals surface area contributed by atoms with E-state index in [1.54, 1.807) is 6.20 Å². The summed E-state index contributed by atoms with van der Waals surface area (Å²) in [5, 5.41) is 10.3. The molecular formula is C13H16N4. The predicted molar refractivity (Wildman–Crippen MR) is 69.3 cm³/mol. The number of benzene rings is 1. The van der Waals surface area contributed by atoms with Gasteiger partial charge in [-0.15, -0.1) is 0 Å². The average Bonchev–Trinajstić information content (AvgIpc) is 2.97. The first-order valence-electron chi connectivity index (χ1n) is 5.89. The third-order valence-corrected chi connectivity index (χ3v) is 3.25. The van der Waals surface area contributed by atoms with E-state index in [4.69, 9.17) is 0 Å². The molecule has 0 spiro atoms. The Labute approximate surface area is 101 Å². The Hall–Kier alpha value is -1.97. The molecule has 0 amide bonds. The zero-order chi connectivity index (χ0) is 11.7. The second-order valence-electron chi connectivity index (χ2n) is 4.45. The number of rotatable bonds is 3. The van der Waals surface area contributed by atoms with Crippen LogP contribution in [-0.2, 0) is 13.0 Å². The van der Waals surface area contributed by atoms with Crippen molar-refractivity contribution in [2.24, 2.45) is 0 Å². The van der Waals surface area contributed by atoms with Crippen molar-refractivity contribution in [3.63, 3.8) is 0 Å². The lowest BCUT2D eigenvalue weighted by Crippen LogP contribution is -2.12. The molecule has 1 aliphatic heterocycles. The van der Waals surface area contributed by atoms with Crippen LogP contribution in [0.3, 0.4) is 0 Å². The van der Waals surface area contributed by atoms with Gasteiger partial charge in [0.25, 0.3) is 0 Å². The average molecular weight is 228 g/mol. The molecule has 0 aliphatic carbocycles. The van der Waals surface area contributed by atoms with Crippen LogP contribution >= 0.6 is 0 Å². The van der Waals surface area contributed by atoms with Gasteiger partial charge in [0.1, 0.15) is 0 Å². The summed E-state index contributed by atoms with van der Waals surface area (Å²) < 4.78 is 0. The topological polar surface area (TPSA) is 44.0 Å². The van der Waals surface area contributed by atoms with Crippen molar-refractivity contribution in [2.45, 2.75) is 13.0 Å². The van der Waals surface area contributed by atoms with Crippen molar-refractivity contribution < 1.29 is 0 Å². The highest BCUT2D eigenvalue weighted by atomic mass is 15.1. The van der Waals surface area contributed by atoms with Gasteiger partial charge < -0.3 is 10.2 Å². The number of nitrogens with zero attached hydrogens (tertiary/aromatic N) is 2. The van der Waals surface area contributed by atoms with Crippen LogP contribution < -0.4 is 10.2 Å². The van der Waals surface area contributed by atoms with Crippen molar-refractivity contribution in [1.29, 1.82) is 0 Å². The Morgan fingerprint density at radius 1 is 1.41 bits per heavy atom. The molecule has 2 N–H and O–H groups in total. The van der Waals surface area contributed by atoms with Crippen LogP contribution in [0, 0.1) is 0 Å². The first-order valence-corrected chi connectivity index (χ1v) is 5.89. The summed E-state index contributed by atoms with van der Waals surface area (Å²) in [6.07, 6.45) is 2.92. The molecule has 1 aromatic carbocycles. The quantitative estimate of drug-likeness (QED) is 0.844. The van der Waals surface area contributed by atoms with Crippen LogP contribution in [-0.4, -0.2) is 23.8 Å². The van der Waals surface area contributed by atoms with Crippen molar-refractivity contribution in [3.05, 3.63) is 41.7 Å². The molecule has 0 radical (unpaired) electrons. The molecule has 3 rings (SSSR count). The lowest BCUT2D eigenvalue weighted by atomic mass is 10.1. The number of likely N-dealkylation sites (N-methyl/N-ethyl adjacent to an activating group) is 1. The van der Waals surface area contributed by atoms with E-state index in [1.165, 1.54) is 16.9 Å². The van der Waals surface area contributed by atoms with Gasteiger partial charge in [-0.3, -0.25) is 5.10 Å². The number of H-pyrrole nitrogens is 1. The standard InChI is InChI=1S/C13H16N4/c1-17-7-5-10-8-11(2-3-13(10)17)14-9-12-4-6-15-16-12/h2-4,6,8,14H,5,7,9H2,1H3,(H,15,16). The molecule has 1 aliphatic rings. The van der Waals surface area contributed by atoms with Crippen molar-refractivity contribution in [1.82, 2.24) is 10.2 Å². The molecule has 4 nitrogen and oxygen atoms in total. The molecule has 0 unspecified atom stereocenters. The number of aromatic nitrogens is 2. The van der Waals surface area contributed by atoms with Crippen LogP contribution in [0.1, 0.15) is 11.3 Å². The van der Waals surface area contributed by atoms with E-state index in [2.05, 4.69) is 45.7 Å². The minimum atomic E-state index is 0.786. The highest BCUT2D eigenvalue weighted by Gasteiger charge is 2.15. The molecule has 0 atom stereocenters. The lowest BCUT2D eigenvalue weighted by Gasteiger charge is -2.12. The van der Waals surface area contributed by atoms with E-state index in [9.17, 15) is 0 Å².